The molecule has 128 valence electrons. The van der Waals surface area contributed by atoms with Crippen LogP contribution in [0.4, 0.5) is 0 Å². The Morgan fingerprint density at radius 2 is 2.17 bits per heavy atom. The molecule has 0 aromatic heterocycles. The molecule has 0 spiro atoms. The van der Waals surface area contributed by atoms with Crippen molar-refractivity contribution in [1.82, 2.24) is 10.2 Å². The largest absolute Gasteiger partial charge is 0.494 e. The monoisotopic (exact) mass is 318 g/mol. The lowest BCUT2D eigenvalue weighted by molar-refractivity contribution is -0.112. The average molecular weight is 318 g/mol. The van der Waals surface area contributed by atoms with Crippen LogP contribution in [-0.2, 0) is 11.2 Å². The molecule has 0 aliphatic carbocycles. The van der Waals surface area contributed by atoms with Gasteiger partial charge >= 0.3 is 0 Å². The lowest BCUT2D eigenvalue weighted by Gasteiger charge is -2.22. The molecule has 0 saturated carbocycles. The number of nitrogens with zero attached hydrogens (tertiary/aromatic N) is 1. The second kappa shape index (κ2) is 10.4. The number of aldehydes is 1. The van der Waals surface area contributed by atoms with Crippen LogP contribution in [0.15, 0.2) is 24.3 Å². The molecular formula is C19H30N2O2. The van der Waals surface area contributed by atoms with E-state index in [2.05, 4.69) is 35.3 Å². The van der Waals surface area contributed by atoms with Gasteiger partial charge in [-0.05, 0) is 63.0 Å². The van der Waals surface area contributed by atoms with Crippen molar-refractivity contribution in [2.75, 3.05) is 32.8 Å². The number of rotatable bonds is 11. The number of hydrogen-bond acceptors (Lipinski definition) is 4. The molecule has 2 rings (SSSR count). The van der Waals surface area contributed by atoms with Crippen molar-refractivity contribution in [1.29, 1.82) is 0 Å². The molecule has 1 heterocycles. The van der Waals surface area contributed by atoms with Crippen molar-refractivity contribution >= 4 is 6.29 Å². The minimum atomic E-state index is 0.0289. The Morgan fingerprint density at radius 3 is 2.91 bits per heavy atom. The molecule has 1 unspecified atom stereocenters. The first-order valence-corrected chi connectivity index (χ1v) is 8.95. The summed E-state index contributed by atoms with van der Waals surface area (Å²) in [7, 11) is 0. The second-order valence-corrected chi connectivity index (χ2v) is 6.25. The van der Waals surface area contributed by atoms with Gasteiger partial charge in [0.25, 0.3) is 0 Å². The topological polar surface area (TPSA) is 41.6 Å². The molecule has 1 aliphatic heterocycles. The third-order valence-electron chi connectivity index (χ3n) is 4.38. The number of ether oxygens (including phenoxy) is 1. The summed E-state index contributed by atoms with van der Waals surface area (Å²) in [6.45, 7) is 6.70. The lowest BCUT2D eigenvalue weighted by Crippen LogP contribution is -2.42. The molecular weight excluding hydrogens is 288 g/mol. The van der Waals surface area contributed by atoms with E-state index < -0.39 is 0 Å². The van der Waals surface area contributed by atoms with Gasteiger partial charge in [0.1, 0.15) is 12.0 Å². The molecule has 1 aromatic rings. The van der Waals surface area contributed by atoms with E-state index in [4.69, 9.17) is 4.74 Å². The van der Waals surface area contributed by atoms with E-state index in [-0.39, 0.29) is 6.04 Å². The van der Waals surface area contributed by atoms with Gasteiger partial charge < -0.3 is 14.8 Å². The fraction of sp³-hybridized carbons (Fsp3) is 0.632. The molecule has 1 aliphatic rings. The van der Waals surface area contributed by atoms with E-state index in [1.54, 1.807) is 0 Å². The summed E-state index contributed by atoms with van der Waals surface area (Å²) in [6.07, 6.45) is 6.72. The summed E-state index contributed by atoms with van der Waals surface area (Å²) in [4.78, 5) is 13.5. The third kappa shape index (κ3) is 6.32. The van der Waals surface area contributed by atoms with E-state index in [1.807, 2.05) is 6.07 Å². The van der Waals surface area contributed by atoms with Gasteiger partial charge in [0.05, 0.1) is 12.6 Å². The standard InChI is InChI=1S/C19H30N2O2/c1-2-3-13-23-19-8-6-7-17(14-19)9-10-20-15-18(16-22)21-11-4-5-12-21/h6-8,14,16,18,20H,2-5,9-13,15H2,1H3. The molecule has 4 heteroatoms. The van der Waals surface area contributed by atoms with Crippen molar-refractivity contribution in [3.63, 3.8) is 0 Å². The van der Waals surface area contributed by atoms with Gasteiger partial charge in [-0.15, -0.1) is 0 Å². The Hall–Kier alpha value is -1.39. The van der Waals surface area contributed by atoms with Crippen molar-refractivity contribution in [3.8, 4) is 5.75 Å². The Kier molecular flexibility index (Phi) is 8.12. The molecule has 1 atom stereocenters. The van der Waals surface area contributed by atoms with Crippen LogP contribution >= 0.6 is 0 Å². The molecule has 23 heavy (non-hydrogen) atoms. The normalized spacial score (nSPS) is 16.4. The highest BCUT2D eigenvalue weighted by Crippen LogP contribution is 2.14. The number of carbonyl (C=O) groups excluding carboxylic acids is 1. The number of carbonyl (C=O) groups is 1. The molecule has 1 aromatic carbocycles. The zero-order valence-corrected chi connectivity index (χ0v) is 14.3. The van der Waals surface area contributed by atoms with Gasteiger partial charge in [-0.25, -0.2) is 0 Å². The summed E-state index contributed by atoms with van der Waals surface area (Å²) in [5, 5.41) is 3.42. The van der Waals surface area contributed by atoms with Crippen molar-refractivity contribution in [2.24, 2.45) is 0 Å². The minimum absolute atomic E-state index is 0.0289. The van der Waals surface area contributed by atoms with Crippen molar-refractivity contribution in [2.45, 2.75) is 45.1 Å². The summed E-state index contributed by atoms with van der Waals surface area (Å²) in [5.41, 5.74) is 1.27. The van der Waals surface area contributed by atoms with Crippen LogP contribution < -0.4 is 10.1 Å². The molecule has 1 N–H and O–H groups in total. The van der Waals surface area contributed by atoms with Crippen LogP contribution in [0.1, 0.15) is 38.2 Å². The maximum Gasteiger partial charge on any atom is 0.138 e. The van der Waals surface area contributed by atoms with Crippen LogP contribution in [-0.4, -0.2) is 50.0 Å². The maximum atomic E-state index is 11.2. The van der Waals surface area contributed by atoms with Crippen molar-refractivity contribution < 1.29 is 9.53 Å². The highest BCUT2D eigenvalue weighted by atomic mass is 16.5. The molecule has 4 nitrogen and oxygen atoms in total. The molecule has 0 bridgehead atoms. The molecule has 0 radical (unpaired) electrons. The second-order valence-electron chi connectivity index (χ2n) is 6.25. The minimum Gasteiger partial charge on any atom is -0.494 e. The average Bonchev–Trinajstić information content (AvgIpc) is 3.10. The first kappa shape index (κ1) is 18.0. The summed E-state index contributed by atoms with van der Waals surface area (Å²) < 4.78 is 5.74. The van der Waals surface area contributed by atoms with Gasteiger partial charge in [-0.1, -0.05) is 25.5 Å². The Morgan fingerprint density at radius 1 is 1.35 bits per heavy atom. The van der Waals surface area contributed by atoms with E-state index in [0.717, 1.165) is 64.1 Å². The van der Waals surface area contributed by atoms with Crippen LogP contribution in [0.2, 0.25) is 0 Å². The van der Waals surface area contributed by atoms with Crippen LogP contribution in [0.25, 0.3) is 0 Å². The Bertz CT molecular complexity index is 458. The van der Waals surface area contributed by atoms with E-state index in [9.17, 15) is 4.79 Å². The number of unbranched alkanes of at least 4 members (excludes halogenated alkanes) is 1. The van der Waals surface area contributed by atoms with Crippen molar-refractivity contribution in [3.05, 3.63) is 29.8 Å². The fourth-order valence-corrected chi connectivity index (χ4v) is 2.94. The van der Waals surface area contributed by atoms with Crippen LogP contribution in [0.3, 0.4) is 0 Å². The van der Waals surface area contributed by atoms with E-state index >= 15 is 0 Å². The first-order valence-electron chi connectivity index (χ1n) is 8.95. The summed E-state index contributed by atoms with van der Waals surface area (Å²) in [6, 6.07) is 8.35. The van der Waals surface area contributed by atoms with Gasteiger partial charge in [-0.3, -0.25) is 4.90 Å². The number of hydrogen-bond donors (Lipinski definition) is 1. The van der Waals surface area contributed by atoms with Gasteiger partial charge in [0.15, 0.2) is 0 Å². The highest BCUT2D eigenvalue weighted by Gasteiger charge is 2.20. The highest BCUT2D eigenvalue weighted by molar-refractivity contribution is 5.58. The Balaban J connectivity index is 1.68. The van der Waals surface area contributed by atoms with Crippen LogP contribution in [0, 0.1) is 0 Å². The first-order chi connectivity index (χ1) is 11.3. The molecule has 1 fully saturated rings. The van der Waals surface area contributed by atoms with E-state index in [1.165, 1.54) is 18.4 Å². The molecule has 0 amide bonds. The van der Waals surface area contributed by atoms with Gasteiger partial charge in [0.2, 0.25) is 0 Å². The van der Waals surface area contributed by atoms with Gasteiger partial charge in [-0.2, -0.15) is 0 Å². The third-order valence-corrected chi connectivity index (χ3v) is 4.38. The summed E-state index contributed by atoms with van der Waals surface area (Å²) in [5.74, 6) is 0.957. The van der Waals surface area contributed by atoms with E-state index in [0.29, 0.717) is 0 Å². The number of benzene rings is 1. The quantitative estimate of drug-likeness (QED) is 0.503. The smallest absolute Gasteiger partial charge is 0.138 e. The number of likely N-dealkylation sites (tertiary alicyclic amines) is 1. The lowest BCUT2D eigenvalue weighted by atomic mass is 10.1. The predicted molar refractivity (Wildman–Crippen MR) is 94.1 cm³/mol. The summed E-state index contributed by atoms with van der Waals surface area (Å²) >= 11 is 0. The zero-order valence-electron chi connectivity index (χ0n) is 14.3. The predicted octanol–water partition coefficient (Wildman–Crippen LogP) is 2.66. The maximum absolute atomic E-state index is 11.2. The Labute approximate surface area is 140 Å². The zero-order chi connectivity index (χ0) is 16.3. The fourth-order valence-electron chi connectivity index (χ4n) is 2.94. The SMILES string of the molecule is CCCCOc1cccc(CCNCC(C=O)N2CCCC2)c1. The van der Waals surface area contributed by atoms with Gasteiger partial charge in [0, 0.05) is 6.54 Å². The number of nitrogens with one attached hydrogen (secondary N) is 1. The van der Waals surface area contributed by atoms with Crippen LogP contribution in [0.5, 0.6) is 5.75 Å². The molecule has 1 saturated heterocycles.